The molecule has 0 saturated carbocycles. The first-order chi connectivity index (χ1) is 12.1. The van der Waals surface area contributed by atoms with Crippen LogP contribution in [0, 0.1) is 0 Å². The number of hydrogen-bond acceptors (Lipinski definition) is 6. The van der Waals surface area contributed by atoms with Crippen LogP contribution < -0.4 is 4.90 Å². The normalized spacial score (nSPS) is 17.4. The number of pyridine rings is 1. The molecule has 1 fully saturated rings. The number of carboxylic acids is 1. The maximum absolute atomic E-state index is 12.5. The van der Waals surface area contributed by atoms with Gasteiger partial charge in [0.15, 0.2) is 0 Å². The van der Waals surface area contributed by atoms with Crippen LogP contribution in [-0.4, -0.2) is 62.5 Å². The van der Waals surface area contributed by atoms with Gasteiger partial charge in [0, 0.05) is 44.3 Å². The van der Waals surface area contributed by atoms with Crippen molar-refractivity contribution < 1.29 is 14.7 Å². The Morgan fingerprint density at radius 1 is 1.16 bits per heavy atom. The molecule has 0 bridgehead atoms. The van der Waals surface area contributed by atoms with Gasteiger partial charge < -0.3 is 14.9 Å². The molecule has 1 amide bonds. The van der Waals surface area contributed by atoms with Gasteiger partial charge in [-0.25, -0.2) is 14.8 Å². The van der Waals surface area contributed by atoms with E-state index in [0.29, 0.717) is 25.5 Å². The van der Waals surface area contributed by atoms with Crippen LogP contribution in [0.3, 0.4) is 0 Å². The Morgan fingerprint density at radius 2 is 1.96 bits per heavy atom. The summed E-state index contributed by atoms with van der Waals surface area (Å²) in [5.41, 5.74) is 0.957. The van der Waals surface area contributed by atoms with Gasteiger partial charge in [-0.1, -0.05) is 6.07 Å². The molecule has 1 saturated heterocycles. The molecule has 0 spiro atoms. The van der Waals surface area contributed by atoms with Gasteiger partial charge in [-0.05, 0) is 24.1 Å². The molecule has 1 aliphatic heterocycles. The van der Waals surface area contributed by atoms with Gasteiger partial charge >= 0.3 is 5.97 Å². The van der Waals surface area contributed by atoms with Crippen molar-refractivity contribution in [2.45, 2.75) is 18.9 Å². The molecule has 130 valence electrons. The van der Waals surface area contributed by atoms with Crippen LogP contribution in [0.2, 0.25) is 0 Å². The highest BCUT2D eigenvalue weighted by atomic mass is 16.4. The molecule has 8 heteroatoms. The fourth-order valence-electron chi connectivity index (χ4n) is 2.87. The van der Waals surface area contributed by atoms with Crippen LogP contribution in [0.15, 0.2) is 43.0 Å². The van der Waals surface area contributed by atoms with Crippen molar-refractivity contribution in [3.05, 3.63) is 48.5 Å². The van der Waals surface area contributed by atoms with E-state index < -0.39 is 12.0 Å². The van der Waals surface area contributed by atoms with E-state index in [9.17, 15) is 14.7 Å². The molecule has 1 aliphatic rings. The van der Waals surface area contributed by atoms with Crippen LogP contribution in [0.5, 0.6) is 0 Å². The maximum Gasteiger partial charge on any atom is 0.328 e. The van der Waals surface area contributed by atoms with Crippen LogP contribution in [-0.2, 0) is 16.0 Å². The molecule has 1 unspecified atom stereocenters. The smallest absolute Gasteiger partial charge is 0.328 e. The standard InChI is InChI=1S/C17H19N5O3/c23-15(5-4-13-3-1-6-18-11-13)22-10-9-21(12-14(22)16(24)25)17-19-7-2-8-20-17/h1-3,6-8,11,14H,4-5,9-10,12H2,(H,24,25). The largest absolute Gasteiger partial charge is 0.480 e. The summed E-state index contributed by atoms with van der Waals surface area (Å²) in [4.78, 5) is 39.7. The van der Waals surface area contributed by atoms with E-state index in [-0.39, 0.29) is 18.9 Å². The van der Waals surface area contributed by atoms with Crippen LogP contribution in [0.1, 0.15) is 12.0 Å². The summed E-state index contributed by atoms with van der Waals surface area (Å²) < 4.78 is 0. The molecule has 2 aromatic rings. The maximum atomic E-state index is 12.5. The summed E-state index contributed by atoms with van der Waals surface area (Å²) >= 11 is 0. The first-order valence-electron chi connectivity index (χ1n) is 8.08. The lowest BCUT2D eigenvalue weighted by Crippen LogP contribution is -2.58. The molecule has 8 nitrogen and oxygen atoms in total. The number of anilines is 1. The molecule has 0 aliphatic carbocycles. The van der Waals surface area contributed by atoms with Crippen molar-refractivity contribution in [1.82, 2.24) is 19.9 Å². The first-order valence-corrected chi connectivity index (χ1v) is 8.08. The highest BCUT2D eigenvalue weighted by Crippen LogP contribution is 2.17. The molecule has 3 heterocycles. The number of carbonyl (C=O) groups is 2. The van der Waals surface area contributed by atoms with Crippen molar-refractivity contribution in [3.8, 4) is 0 Å². The number of aromatic nitrogens is 3. The van der Waals surface area contributed by atoms with Crippen molar-refractivity contribution in [3.63, 3.8) is 0 Å². The van der Waals surface area contributed by atoms with Gasteiger partial charge in [-0.3, -0.25) is 9.78 Å². The number of aliphatic carboxylic acids is 1. The number of carbonyl (C=O) groups excluding carboxylic acids is 1. The molecular formula is C17H19N5O3. The summed E-state index contributed by atoms with van der Waals surface area (Å²) in [6.07, 6.45) is 7.43. The Morgan fingerprint density at radius 3 is 2.64 bits per heavy atom. The number of amides is 1. The zero-order valence-corrected chi connectivity index (χ0v) is 13.7. The average molecular weight is 341 g/mol. The summed E-state index contributed by atoms with van der Waals surface area (Å²) in [5, 5.41) is 9.54. The van der Waals surface area contributed by atoms with E-state index in [2.05, 4.69) is 15.0 Å². The van der Waals surface area contributed by atoms with Crippen LogP contribution >= 0.6 is 0 Å². The van der Waals surface area contributed by atoms with E-state index in [1.807, 2.05) is 12.1 Å². The molecule has 1 atom stereocenters. The third-order valence-electron chi connectivity index (χ3n) is 4.17. The summed E-state index contributed by atoms with van der Waals surface area (Å²) in [6.45, 7) is 1.02. The van der Waals surface area contributed by atoms with E-state index >= 15 is 0 Å². The van der Waals surface area contributed by atoms with Crippen molar-refractivity contribution in [1.29, 1.82) is 0 Å². The molecular weight excluding hydrogens is 322 g/mol. The third-order valence-corrected chi connectivity index (χ3v) is 4.17. The lowest BCUT2D eigenvalue weighted by Gasteiger charge is -2.39. The molecule has 0 aromatic carbocycles. The van der Waals surface area contributed by atoms with Crippen molar-refractivity contribution >= 4 is 17.8 Å². The molecule has 2 aromatic heterocycles. The van der Waals surface area contributed by atoms with E-state index in [1.54, 1.807) is 35.8 Å². The highest BCUT2D eigenvalue weighted by Gasteiger charge is 2.35. The van der Waals surface area contributed by atoms with Crippen molar-refractivity contribution in [2.75, 3.05) is 24.5 Å². The van der Waals surface area contributed by atoms with Crippen LogP contribution in [0.25, 0.3) is 0 Å². The fraction of sp³-hybridized carbons (Fsp3) is 0.353. The SMILES string of the molecule is O=C(O)C1CN(c2ncccn2)CCN1C(=O)CCc1cccnc1. The Kier molecular flexibility index (Phi) is 5.17. The number of rotatable bonds is 5. The fourth-order valence-corrected chi connectivity index (χ4v) is 2.87. The second-order valence-corrected chi connectivity index (χ2v) is 5.80. The Balaban J connectivity index is 1.65. The zero-order chi connectivity index (χ0) is 17.6. The van der Waals surface area contributed by atoms with E-state index in [0.717, 1.165) is 5.56 Å². The Hall–Kier alpha value is -3.03. The van der Waals surface area contributed by atoms with Gasteiger partial charge in [-0.2, -0.15) is 0 Å². The average Bonchev–Trinajstić information content (AvgIpc) is 2.67. The second-order valence-electron chi connectivity index (χ2n) is 5.80. The summed E-state index contributed by atoms with van der Waals surface area (Å²) in [6, 6.07) is 4.52. The lowest BCUT2D eigenvalue weighted by atomic mass is 10.1. The third kappa shape index (κ3) is 4.09. The van der Waals surface area contributed by atoms with Gasteiger partial charge in [0.1, 0.15) is 6.04 Å². The minimum absolute atomic E-state index is 0.162. The zero-order valence-electron chi connectivity index (χ0n) is 13.7. The van der Waals surface area contributed by atoms with Gasteiger partial charge in [0.2, 0.25) is 11.9 Å². The molecule has 1 N–H and O–H groups in total. The lowest BCUT2D eigenvalue weighted by molar-refractivity contribution is -0.150. The number of nitrogens with zero attached hydrogens (tertiary/aromatic N) is 5. The molecule has 25 heavy (non-hydrogen) atoms. The van der Waals surface area contributed by atoms with Crippen molar-refractivity contribution in [2.24, 2.45) is 0 Å². The monoisotopic (exact) mass is 341 g/mol. The predicted octanol–water partition coefficient (Wildman–Crippen LogP) is 0.606. The Bertz CT molecular complexity index is 726. The minimum atomic E-state index is -1.02. The quantitative estimate of drug-likeness (QED) is 0.850. The van der Waals surface area contributed by atoms with Crippen LogP contribution in [0.4, 0.5) is 5.95 Å². The molecule has 3 rings (SSSR count). The molecule has 0 radical (unpaired) electrons. The highest BCUT2D eigenvalue weighted by molar-refractivity contribution is 5.84. The Labute approximate surface area is 145 Å². The topological polar surface area (TPSA) is 99.5 Å². The van der Waals surface area contributed by atoms with Gasteiger partial charge in [0.25, 0.3) is 0 Å². The second kappa shape index (κ2) is 7.69. The minimum Gasteiger partial charge on any atom is -0.480 e. The van der Waals surface area contributed by atoms with E-state index in [1.165, 1.54) is 4.90 Å². The number of piperazine rings is 1. The predicted molar refractivity (Wildman–Crippen MR) is 89.9 cm³/mol. The number of aryl methyl sites for hydroxylation is 1. The summed E-state index contributed by atoms with van der Waals surface area (Å²) in [5.74, 6) is -0.698. The van der Waals surface area contributed by atoms with Gasteiger partial charge in [-0.15, -0.1) is 0 Å². The number of carboxylic acid groups (broad SMARTS) is 1. The van der Waals surface area contributed by atoms with Gasteiger partial charge in [0.05, 0.1) is 6.54 Å². The van der Waals surface area contributed by atoms with E-state index in [4.69, 9.17) is 0 Å². The first kappa shape index (κ1) is 16.8. The summed E-state index contributed by atoms with van der Waals surface area (Å²) in [7, 11) is 0. The number of hydrogen-bond donors (Lipinski definition) is 1.